The molecular formula is C9H11NO3. The highest BCUT2D eigenvalue weighted by molar-refractivity contribution is 5.42. The first kappa shape index (κ1) is 9.67. The van der Waals surface area contributed by atoms with Gasteiger partial charge in [0.2, 0.25) is 0 Å². The van der Waals surface area contributed by atoms with E-state index in [9.17, 15) is 10.1 Å². The Bertz CT molecular complexity index is 323. The van der Waals surface area contributed by atoms with Crippen molar-refractivity contribution in [3.8, 4) is 0 Å². The quantitative estimate of drug-likeness (QED) is 0.566. The van der Waals surface area contributed by atoms with Crippen LogP contribution in [0.25, 0.3) is 0 Å². The normalized spacial score (nSPS) is 10.0. The molecule has 0 bridgehead atoms. The SMILES string of the molecule is Cc1ccc(CCO)cc1[N+](=O)[O-]. The third-order valence-corrected chi connectivity index (χ3v) is 1.87. The van der Waals surface area contributed by atoms with Gasteiger partial charge in [-0.2, -0.15) is 0 Å². The molecule has 13 heavy (non-hydrogen) atoms. The first-order chi connectivity index (χ1) is 6.15. The summed E-state index contributed by atoms with van der Waals surface area (Å²) in [5, 5.41) is 19.2. The van der Waals surface area contributed by atoms with Crippen molar-refractivity contribution >= 4 is 5.69 Å². The van der Waals surface area contributed by atoms with Gasteiger partial charge in [0.1, 0.15) is 0 Å². The number of aryl methyl sites for hydroxylation is 1. The number of hydrogen-bond donors (Lipinski definition) is 1. The summed E-state index contributed by atoms with van der Waals surface area (Å²) in [7, 11) is 0. The van der Waals surface area contributed by atoms with Crippen LogP contribution in [-0.4, -0.2) is 16.6 Å². The molecule has 0 radical (unpaired) electrons. The minimum atomic E-state index is -0.407. The van der Waals surface area contributed by atoms with Gasteiger partial charge in [-0.15, -0.1) is 0 Å². The van der Waals surface area contributed by atoms with Gasteiger partial charge in [0.25, 0.3) is 5.69 Å². The fraction of sp³-hybridized carbons (Fsp3) is 0.333. The minimum Gasteiger partial charge on any atom is -0.396 e. The van der Waals surface area contributed by atoms with E-state index in [4.69, 9.17) is 5.11 Å². The van der Waals surface area contributed by atoms with Gasteiger partial charge in [-0.1, -0.05) is 12.1 Å². The first-order valence-corrected chi connectivity index (χ1v) is 4.00. The second kappa shape index (κ2) is 4.00. The average Bonchev–Trinajstić information content (AvgIpc) is 2.08. The molecular weight excluding hydrogens is 170 g/mol. The molecule has 70 valence electrons. The van der Waals surface area contributed by atoms with E-state index in [1.54, 1.807) is 19.1 Å². The fourth-order valence-electron chi connectivity index (χ4n) is 1.14. The standard InChI is InChI=1S/C9H11NO3/c1-7-2-3-8(4-5-11)6-9(7)10(12)13/h2-3,6,11H,4-5H2,1H3. The molecule has 0 aliphatic heterocycles. The number of aliphatic hydroxyl groups is 1. The lowest BCUT2D eigenvalue weighted by Gasteiger charge is -2.00. The molecule has 1 N–H and O–H groups in total. The average molecular weight is 181 g/mol. The Kier molecular flexibility index (Phi) is 2.97. The lowest BCUT2D eigenvalue weighted by atomic mass is 10.1. The van der Waals surface area contributed by atoms with Crippen LogP contribution in [0.4, 0.5) is 5.69 Å². The lowest BCUT2D eigenvalue weighted by Crippen LogP contribution is -1.95. The molecule has 1 aromatic carbocycles. The van der Waals surface area contributed by atoms with Crippen LogP contribution >= 0.6 is 0 Å². The van der Waals surface area contributed by atoms with Gasteiger partial charge in [0, 0.05) is 18.2 Å². The van der Waals surface area contributed by atoms with Crippen LogP contribution in [0.1, 0.15) is 11.1 Å². The topological polar surface area (TPSA) is 63.4 Å². The van der Waals surface area contributed by atoms with Crippen molar-refractivity contribution in [2.45, 2.75) is 13.3 Å². The zero-order chi connectivity index (χ0) is 9.84. The maximum Gasteiger partial charge on any atom is 0.272 e. The molecule has 0 heterocycles. The van der Waals surface area contributed by atoms with Crippen molar-refractivity contribution in [2.24, 2.45) is 0 Å². The molecule has 1 rings (SSSR count). The van der Waals surface area contributed by atoms with Crippen LogP contribution in [-0.2, 0) is 6.42 Å². The van der Waals surface area contributed by atoms with Crippen molar-refractivity contribution in [3.63, 3.8) is 0 Å². The maximum atomic E-state index is 10.5. The van der Waals surface area contributed by atoms with Gasteiger partial charge < -0.3 is 5.11 Å². The summed E-state index contributed by atoms with van der Waals surface area (Å²) in [4.78, 5) is 10.1. The van der Waals surface area contributed by atoms with Crippen LogP contribution < -0.4 is 0 Å². The Balaban J connectivity index is 3.04. The van der Waals surface area contributed by atoms with Gasteiger partial charge in [-0.05, 0) is 18.9 Å². The van der Waals surface area contributed by atoms with Crippen LogP contribution in [0.3, 0.4) is 0 Å². The summed E-state index contributed by atoms with van der Waals surface area (Å²) < 4.78 is 0. The Labute approximate surface area is 76.0 Å². The summed E-state index contributed by atoms with van der Waals surface area (Å²) in [5.74, 6) is 0. The van der Waals surface area contributed by atoms with E-state index >= 15 is 0 Å². The Morgan fingerprint density at radius 1 is 1.54 bits per heavy atom. The lowest BCUT2D eigenvalue weighted by molar-refractivity contribution is -0.385. The Morgan fingerprint density at radius 2 is 2.23 bits per heavy atom. The molecule has 0 saturated heterocycles. The maximum absolute atomic E-state index is 10.5. The monoisotopic (exact) mass is 181 g/mol. The first-order valence-electron chi connectivity index (χ1n) is 4.00. The highest BCUT2D eigenvalue weighted by atomic mass is 16.6. The van der Waals surface area contributed by atoms with E-state index in [2.05, 4.69) is 0 Å². The molecule has 0 aliphatic rings. The number of nitro benzene ring substituents is 1. The molecule has 0 atom stereocenters. The van der Waals surface area contributed by atoms with Crippen molar-refractivity contribution in [1.82, 2.24) is 0 Å². The van der Waals surface area contributed by atoms with Crippen LogP contribution in [0, 0.1) is 17.0 Å². The van der Waals surface area contributed by atoms with Crippen molar-refractivity contribution in [1.29, 1.82) is 0 Å². The predicted octanol–water partition coefficient (Wildman–Crippen LogP) is 1.44. The van der Waals surface area contributed by atoms with Gasteiger partial charge >= 0.3 is 0 Å². The summed E-state index contributed by atoms with van der Waals surface area (Å²) >= 11 is 0. The van der Waals surface area contributed by atoms with E-state index < -0.39 is 4.92 Å². The molecule has 0 unspecified atom stereocenters. The van der Waals surface area contributed by atoms with E-state index in [0.717, 1.165) is 5.56 Å². The molecule has 0 aliphatic carbocycles. The largest absolute Gasteiger partial charge is 0.396 e. The summed E-state index contributed by atoms with van der Waals surface area (Å²) in [5.41, 5.74) is 1.55. The molecule has 0 saturated carbocycles. The molecule has 0 aromatic heterocycles. The van der Waals surface area contributed by atoms with Gasteiger partial charge in [-0.3, -0.25) is 10.1 Å². The van der Waals surface area contributed by atoms with Crippen LogP contribution in [0.5, 0.6) is 0 Å². The van der Waals surface area contributed by atoms with E-state index in [-0.39, 0.29) is 12.3 Å². The molecule has 0 spiro atoms. The second-order valence-electron chi connectivity index (χ2n) is 2.85. The smallest absolute Gasteiger partial charge is 0.272 e. The predicted molar refractivity (Wildman–Crippen MR) is 48.6 cm³/mol. The van der Waals surface area contributed by atoms with Crippen molar-refractivity contribution in [2.75, 3.05) is 6.61 Å². The van der Waals surface area contributed by atoms with Crippen LogP contribution in [0.15, 0.2) is 18.2 Å². The van der Waals surface area contributed by atoms with Gasteiger partial charge in [0.15, 0.2) is 0 Å². The zero-order valence-corrected chi connectivity index (χ0v) is 7.36. The third kappa shape index (κ3) is 2.26. The van der Waals surface area contributed by atoms with Crippen molar-refractivity contribution in [3.05, 3.63) is 39.4 Å². The molecule has 0 fully saturated rings. The van der Waals surface area contributed by atoms with Gasteiger partial charge in [-0.25, -0.2) is 0 Å². The van der Waals surface area contributed by atoms with Crippen LogP contribution in [0.2, 0.25) is 0 Å². The number of nitro groups is 1. The highest BCUT2D eigenvalue weighted by Gasteiger charge is 2.10. The molecule has 1 aromatic rings. The minimum absolute atomic E-state index is 0.0141. The molecule has 0 amide bonds. The summed E-state index contributed by atoms with van der Waals surface area (Å²) in [6.07, 6.45) is 0.459. The number of benzene rings is 1. The Morgan fingerprint density at radius 3 is 2.77 bits per heavy atom. The number of hydrogen-bond acceptors (Lipinski definition) is 3. The highest BCUT2D eigenvalue weighted by Crippen LogP contribution is 2.19. The molecule has 4 heteroatoms. The summed E-state index contributed by atoms with van der Waals surface area (Å²) in [6.45, 7) is 1.71. The fourth-order valence-corrected chi connectivity index (χ4v) is 1.14. The van der Waals surface area contributed by atoms with E-state index in [1.807, 2.05) is 0 Å². The van der Waals surface area contributed by atoms with E-state index in [0.29, 0.717) is 12.0 Å². The van der Waals surface area contributed by atoms with Gasteiger partial charge in [0.05, 0.1) is 4.92 Å². The number of rotatable bonds is 3. The summed E-state index contributed by atoms with van der Waals surface area (Å²) in [6, 6.07) is 4.99. The second-order valence-corrected chi connectivity index (χ2v) is 2.85. The third-order valence-electron chi connectivity index (χ3n) is 1.87. The Hall–Kier alpha value is -1.42. The van der Waals surface area contributed by atoms with E-state index in [1.165, 1.54) is 6.07 Å². The number of nitrogens with zero attached hydrogens (tertiary/aromatic N) is 1. The number of aliphatic hydroxyl groups excluding tert-OH is 1. The van der Waals surface area contributed by atoms with Crippen molar-refractivity contribution < 1.29 is 10.0 Å². The zero-order valence-electron chi connectivity index (χ0n) is 7.36. The molecule has 4 nitrogen and oxygen atoms in total.